The standard InChI is InChI=1S/C15H20N2O4/c1-11-5-2-8-13(14(11)17(20)21)15(19)16(9-4-10-18)12-6-3-7-12/h2,5,8,12,18H,3-4,6-7,9-10H2,1H3. The molecule has 1 saturated carbocycles. The number of hydrogen-bond donors (Lipinski definition) is 1. The normalized spacial score (nSPS) is 14.6. The van der Waals surface area contributed by atoms with Gasteiger partial charge in [0.25, 0.3) is 11.6 Å². The van der Waals surface area contributed by atoms with E-state index in [1.165, 1.54) is 6.07 Å². The van der Waals surface area contributed by atoms with E-state index in [0.29, 0.717) is 18.5 Å². The van der Waals surface area contributed by atoms with Gasteiger partial charge in [0, 0.05) is 24.8 Å². The van der Waals surface area contributed by atoms with Crippen LogP contribution in [0.1, 0.15) is 41.6 Å². The van der Waals surface area contributed by atoms with Crippen LogP contribution in [0, 0.1) is 17.0 Å². The molecule has 1 aromatic rings. The zero-order valence-electron chi connectivity index (χ0n) is 12.1. The number of rotatable bonds is 6. The van der Waals surface area contributed by atoms with Crippen LogP contribution in [0.25, 0.3) is 0 Å². The molecule has 0 bridgehead atoms. The molecule has 1 amide bonds. The van der Waals surface area contributed by atoms with Crippen LogP contribution in [0.2, 0.25) is 0 Å². The van der Waals surface area contributed by atoms with Crippen LogP contribution in [0.3, 0.4) is 0 Å². The van der Waals surface area contributed by atoms with Crippen molar-refractivity contribution in [1.82, 2.24) is 4.90 Å². The Bertz CT molecular complexity index is 540. The molecule has 0 unspecified atom stereocenters. The van der Waals surface area contributed by atoms with Crippen LogP contribution in [-0.4, -0.2) is 40.0 Å². The number of amides is 1. The van der Waals surface area contributed by atoms with Crippen LogP contribution in [-0.2, 0) is 0 Å². The number of aryl methyl sites for hydroxylation is 1. The van der Waals surface area contributed by atoms with Gasteiger partial charge in [-0.3, -0.25) is 14.9 Å². The van der Waals surface area contributed by atoms with Gasteiger partial charge in [-0.15, -0.1) is 0 Å². The first kappa shape index (κ1) is 15.4. The average molecular weight is 292 g/mol. The lowest BCUT2D eigenvalue weighted by Gasteiger charge is -2.37. The lowest BCUT2D eigenvalue weighted by molar-refractivity contribution is -0.385. The summed E-state index contributed by atoms with van der Waals surface area (Å²) in [7, 11) is 0. The Morgan fingerprint density at radius 2 is 2.19 bits per heavy atom. The summed E-state index contributed by atoms with van der Waals surface area (Å²) in [6.07, 6.45) is 3.42. The van der Waals surface area contributed by atoms with E-state index < -0.39 is 4.92 Å². The number of para-hydroxylation sites is 1. The maximum Gasteiger partial charge on any atom is 0.285 e. The average Bonchev–Trinajstić information content (AvgIpc) is 2.39. The van der Waals surface area contributed by atoms with Crippen LogP contribution >= 0.6 is 0 Å². The molecule has 0 spiro atoms. The third-order valence-corrected chi connectivity index (χ3v) is 3.98. The molecule has 21 heavy (non-hydrogen) atoms. The van der Waals surface area contributed by atoms with Gasteiger partial charge in [-0.25, -0.2) is 0 Å². The molecule has 1 aliphatic carbocycles. The third kappa shape index (κ3) is 3.21. The third-order valence-electron chi connectivity index (χ3n) is 3.98. The molecule has 6 heteroatoms. The van der Waals surface area contributed by atoms with Gasteiger partial charge in [0.2, 0.25) is 0 Å². The summed E-state index contributed by atoms with van der Waals surface area (Å²) in [6, 6.07) is 4.96. The largest absolute Gasteiger partial charge is 0.396 e. The summed E-state index contributed by atoms with van der Waals surface area (Å²) >= 11 is 0. The first-order valence-corrected chi connectivity index (χ1v) is 7.22. The Hall–Kier alpha value is -1.95. The minimum absolute atomic E-state index is 0.00636. The highest BCUT2D eigenvalue weighted by atomic mass is 16.6. The van der Waals surface area contributed by atoms with E-state index in [2.05, 4.69) is 0 Å². The fourth-order valence-corrected chi connectivity index (χ4v) is 2.62. The Kier molecular flexibility index (Phi) is 4.90. The molecule has 1 aliphatic rings. The Balaban J connectivity index is 2.32. The molecule has 0 radical (unpaired) electrons. The number of nitro groups is 1. The summed E-state index contributed by atoms with van der Waals surface area (Å²) < 4.78 is 0. The van der Waals surface area contributed by atoms with Crippen molar-refractivity contribution in [2.75, 3.05) is 13.2 Å². The molecule has 0 heterocycles. The van der Waals surface area contributed by atoms with Crippen molar-refractivity contribution in [2.45, 2.75) is 38.6 Å². The van der Waals surface area contributed by atoms with E-state index in [1.807, 2.05) is 0 Å². The number of aliphatic hydroxyl groups excluding tert-OH is 1. The second-order valence-electron chi connectivity index (χ2n) is 5.39. The minimum atomic E-state index is -0.492. The summed E-state index contributed by atoms with van der Waals surface area (Å²) in [4.78, 5) is 25.1. The molecule has 1 N–H and O–H groups in total. The fraction of sp³-hybridized carbons (Fsp3) is 0.533. The summed E-state index contributed by atoms with van der Waals surface area (Å²) in [5, 5.41) is 20.2. The quantitative estimate of drug-likeness (QED) is 0.644. The number of nitrogens with zero attached hydrogens (tertiary/aromatic N) is 2. The van der Waals surface area contributed by atoms with Crippen molar-refractivity contribution in [1.29, 1.82) is 0 Å². The van der Waals surface area contributed by atoms with Crippen molar-refractivity contribution in [2.24, 2.45) is 0 Å². The second-order valence-corrected chi connectivity index (χ2v) is 5.39. The number of carbonyl (C=O) groups is 1. The van der Waals surface area contributed by atoms with Gasteiger partial charge in [-0.05, 0) is 38.7 Å². The molecule has 114 valence electrons. The van der Waals surface area contributed by atoms with Gasteiger partial charge in [0.15, 0.2) is 0 Å². The summed E-state index contributed by atoms with van der Waals surface area (Å²) in [5.41, 5.74) is 0.516. The van der Waals surface area contributed by atoms with E-state index in [9.17, 15) is 14.9 Å². The molecular formula is C15H20N2O4. The Labute approximate surface area is 123 Å². The fourth-order valence-electron chi connectivity index (χ4n) is 2.62. The molecule has 0 aliphatic heterocycles. The summed E-state index contributed by atoms with van der Waals surface area (Å²) in [6.45, 7) is 2.08. The number of hydrogen-bond acceptors (Lipinski definition) is 4. The van der Waals surface area contributed by atoms with Crippen LogP contribution in [0.4, 0.5) is 5.69 Å². The topological polar surface area (TPSA) is 83.7 Å². The highest BCUT2D eigenvalue weighted by molar-refractivity contribution is 5.98. The minimum Gasteiger partial charge on any atom is -0.396 e. The van der Waals surface area contributed by atoms with Gasteiger partial charge in [-0.1, -0.05) is 12.1 Å². The number of aliphatic hydroxyl groups is 1. The maximum atomic E-state index is 12.7. The lowest BCUT2D eigenvalue weighted by atomic mass is 9.90. The maximum absolute atomic E-state index is 12.7. The van der Waals surface area contributed by atoms with E-state index >= 15 is 0 Å². The van der Waals surface area contributed by atoms with Crippen molar-refractivity contribution in [3.05, 3.63) is 39.4 Å². The molecule has 2 rings (SSSR count). The molecular weight excluding hydrogens is 272 g/mol. The molecule has 0 saturated heterocycles. The predicted molar refractivity (Wildman–Crippen MR) is 78.2 cm³/mol. The highest BCUT2D eigenvalue weighted by Gasteiger charge is 2.32. The first-order valence-electron chi connectivity index (χ1n) is 7.22. The van der Waals surface area contributed by atoms with E-state index in [4.69, 9.17) is 5.11 Å². The van der Waals surface area contributed by atoms with E-state index in [-0.39, 0.29) is 29.8 Å². The molecule has 1 aromatic carbocycles. The lowest BCUT2D eigenvalue weighted by Crippen LogP contribution is -2.45. The SMILES string of the molecule is Cc1cccc(C(=O)N(CCCO)C2CCC2)c1[N+](=O)[O-]. The number of nitro benzene ring substituents is 1. The van der Waals surface area contributed by atoms with Gasteiger partial charge < -0.3 is 10.0 Å². The van der Waals surface area contributed by atoms with Crippen molar-refractivity contribution >= 4 is 11.6 Å². The number of carbonyl (C=O) groups excluding carboxylic acids is 1. The first-order chi connectivity index (χ1) is 10.1. The number of benzene rings is 1. The van der Waals surface area contributed by atoms with Crippen molar-refractivity contribution < 1.29 is 14.8 Å². The van der Waals surface area contributed by atoms with Gasteiger partial charge >= 0.3 is 0 Å². The molecule has 0 aromatic heterocycles. The van der Waals surface area contributed by atoms with Crippen LogP contribution in [0.5, 0.6) is 0 Å². The van der Waals surface area contributed by atoms with Crippen molar-refractivity contribution in [3.63, 3.8) is 0 Å². The van der Waals surface area contributed by atoms with Crippen LogP contribution < -0.4 is 0 Å². The molecule has 0 atom stereocenters. The zero-order chi connectivity index (χ0) is 15.4. The zero-order valence-corrected chi connectivity index (χ0v) is 12.1. The van der Waals surface area contributed by atoms with Gasteiger partial charge in [0.05, 0.1) is 4.92 Å². The van der Waals surface area contributed by atoms with E-state index in [0.717, 1.165) is 19.3 Å². The Morgan fingerprint density at radius 1 is 1.48 bits per heavy atom. The van der Waals surface area contributed by atoms with E-state index in [1.54, 1.807) is 24.0 Å². The monoisotopic (exact) mass is 292 g/mol. The van der Waals surface area contributed by atoms with Gasteiger partial charge in [-0.2, -0.15) is 0 Å². The molecule has 1 fully saturated rings. The smallest absolute Gasteiger partial charge is 0.285 e. The Morgan fingerprint density at radius 3 is 2.71 bits per heavy atom. The highest BCUT2D eigenvalue weighted by Crippen LogP contribution is 2.30. The summed E-state index contributed by atoms with van der Waals surface area (Å²) in [5.74, 6) is -0.302. The van der Waals surface area contributed by atoms with Gasteiger partial charge in [0.1, 0.15) is 5.56 Å². The van der Waals surface area contributed by atoms with Crippen LogP contribution in [0.15, 0.2) is 18.2 Å². The molecule has 6 nitrogen and oxygen atoms in total. The van der Waals surface area contributed by atoms with Crippen molar-refractivity contribution in [3.8, 4) is 0 Å². The predicted octanol–water partition coefficient (Wildman–Crippen LogP) is 2.28. The second kappa shape index (κ2) is 6.67.